The third-order valence-electron chi connectivity index (χ3n) is 1.49. The average molecular weight is 213 g/mol. The fraction of sp³-hybridized carbons (Fsp3) is 0.375. The van der Waals surface area contributed by atoms with E-state index in [0.29, 0.717) is 11.6 Å². The van der Waals surface area contributed by atoms with Crippen LogP contribution >= 0.6 is 0 Å². The summed E-state index contributed by atoms with van der Waals surface area (Å²) in [4.78, 5) is 21.2. The molecular formula is C8H11N3O4. The van der Waals surface area contributed by atoms with Crippen LogP contribution in [0.15, 0.2) is 10.6 Å². The van der Waals surface area contributed by atoms with Gasteiger partial charge in [0.15, 0.2) is 5.82 Å². The highest BCUT2D eigenvalue weighted by molar-refractivity contribution is 5.88. The maximum Gasteiger partial charge on any atom is 0.320 e. The van der Waals surface area contributed by atoms with Gasteiger partial charge < -0.3 is 14.9 Å². The van der Waals surface area contributed by atoms with Crippen LogP contribution in [-0.4, -0.2) is 28.8 Å². The summed E-state index contributed by atoms with van der Waals surface area (Å²) in [5, 5.41) is 16.6. The highest BCUT2D eigenvalue weighted by Gasteiger charge is 2.05. The minimum Gasteiger partial charge on any atom is -0.481 e. The van der Waals surface area contributed by atoms with E-state index in [-0.39, 0.29) is 13.0 Å². The Hall–Kier alpha value is -2.05. The van der Waals surface area contributed by atoms with Gasteiger partial charge in [0.1, 0.15) is 5.76 Å². The summed E-state index contributed by atoms with van der Waals surface area (Å²) < 4.78 is 4.72. The van der Waals surface area contributed by atoms with Crippen molar-refractivity contribution in [3.8, 4) is 0 Å². The first-order valence-electron chi connectivity index (χ1n) is 4.28. The normalized spacial score (nSPS) is 9.67. The summed E-state index contributed by atoms with van der Waals surface area (Å²) in [5.74, 6) is -0.0938. The van der Waals surface area contributed by atoms with Crippen LogP contribution in [-0.2, 0) is 4.79 Å². The lowest BCUT2D eigenvalue weighted by molar-refractivity contribution is -0.136. The highest BCUT2D eigenvalue weighted by Crippen LogP contribution is 2.06. The van der Waals surface area contributed by atoms with E-state index in [2.05, 4.69) is 15.8 Å². The van der Waals surface area contributed by atoms with Crippen LogP contribution in [0.2, 0.25) is 0 Å². The Morgan fingerprint density at radius 1 is 1.60 bits per heavy atom. The molecule has 0 spiro atoms. The Morgan fingerprint density at radius 2 is 2.33 bits per heavy atom. The molecule has 0 aliphatic heterocycles. The van der Waals surface area contributed by atoms with Gasteiger partial charge in [0.2, 0.25) is 0 Å². The summed E-state index contributed by atoms with van der Waals surface area (Å²) in [5.41, 5.74) is 0. The fourth-order valence-electron chi connectivity index (χ4n) is 0.869. The maximum atomic E-state index is 11.1. The minimum absolute atomic E-state index is 0.0675. The second kappa shape index (κ2) is 4.99. The number of carbonyl (C=O) groups excluding carboxylic acids is 1. The van der Waals surface area contributed by atoms with Gasteiger partial charge in [-0.2, -0.15) is 0 Å². The van der Waals surface area contributed by atoms with Crippen molar-refractivity contribution in [1.82, 2.24) is 10.5 Å². The second-order valence-electron chi connectivity index (χ2n) is 2.85. The fourth-order valence-corrected chi connectivity index (χ4v) is 0.869. The number of nitrogens with zero attached hydrogens (tertiary/aromatic N) is 1. The summed E-state index contributed by atoms with van der Waals surface area (Å²) in [6.07, 6.45) is -0.120. The van der Waals surface area contributed by atoms with Crippen molar-refractivity contribution in [3.05, 3.63) is 11.8 Å². The molecule has 0 bridgehead atoms. The summed E-state index contributed by atoms with van der Waals surface area (Å²) in [6, 6.07) is 1.04. The van der Waals surface area contributed by atoms with Crippen LogP contribution in [0.1, 0.15) is 12.2 Å². The molecule has 1 aromatic heterocycles. The molecule has 0 aromatic carbocycles. The van der Waals surface area contributed by atoms with E-state index in [4.69, 9.17) is 9.63 Å². The Bertz CT molecular complexity index is 361. The molecule has 82 valence electrons. The number of urea groups is 1. The molecule has 0 atom stereocenters. The summed E-state index contributed by atoms with van der Waals surface area (Å²) >= 11 is 0. The molecule has 0 aliphatic rings. The molecule has 1 heterocycles. The number of carboxylic acids is 1. The maximum absolute atomic E-state index is 11.1. The standard InChI is InChI=1S/C8H11N3O4/c1-5-4-6(11-15-5)10-8(14)9-3-2-7(12)13/h4H,2-3H2,1H3,(H,12,13)(H2,9,10,11,14). The highest BCUT2D eigenvalue weighted by atomic mass is 16.5. The number of carbonyl (C=O) groups is 2. The van der Waals surface area contributed by atoms with E-state index in [9.17, 15) is 9.59 Å². The first-order chi connectivity index (χ1) is 7.08. The zero-order valence-corrected chi connectivity index (χ0v) is 8.11. The van der Waals surface area contributed by atoms with Gasteiger partial charge in [-0.05, 0) is 6.92 Å². The van der Waals surface area contributed by atoms with E-state index in [1.54, 1.807) is 13.0 Å². The third kappa shape index (κ3) is 4.12. The lowest BCUT2D eigenvalue weighted by Crippen LogP contribution is -2.30. The van der Waals surface area contributed by atoms with Gasteiger partial charge >= 0.3 is 12.0 Å². The molecule has 0 saturated carbocycles. The number of hydrogen-bond acceptors (Lipinski definition) is 4. The van der Waals surface area contributed by atoms with Crippen molar-refractivity contribution in [2.24, 2.45) is 0 Å². The van der Waals surface area contributed by atoms with Crippen LogP contribution in [0.5, 0.6) is 0 Å². The van der Waals surface area contributed by atoms with Crippen molar-refractivity contribution in [3.63, 3.8) is 0 Å². The SMILES string of the molecule is Cc1cc(NC(=O)NCCC(=O)O)no1. The lowest BCUT2D eigenvalue weighted by atomic mass is 10.4. The number of hydrogen-bond donors (Lipinski definition) is 3. The van der Waals surface area contributed by atoms with Crippen molar-refractivity contribution >= 4 is 17.8 Å². The molecule has 7 nitrogen and oxygen atoms in total. The van der Waals surface area contributed by atoms with Gasteiger partial charge in [-0.1, -0.05) is 5.16 Å². The molecule has 1 aromatic rings. The number of aliphatic carboxylic acids is 1. The largest absolute Gasteiger partial charge is 0.481 e. The van der Waals surface area contributed by atoms with Gasteiger partial charge in [-0.25, -0.2) is 4.79 Å². The van der Waals surface area contributed by atoms with Gasteiger partial charge in [0.05, 0.1) is 6.42 Å². The van der Waals surface area contributed by atoms with E-state index >= 15 is 0 Å². The molecule has 1 rings (SSSR count). The lowest BCUT2D eigenvalue weighted by Gasteiger charge is -2.02. The number of rotatable bonds is 4. The molecule has 0 saturated heterocycles. The predicted molar refractivity (Wildman–Crippen MR) is 50.5 cm³/mol. The molecule has 2 amide bonds. The number of nitrogens with one attached hydrogen (secondary N) is 2. The van der Waals surface area contributed by atoms with E-state index in [1.165, 1.54) is 0 Å². The molecule has 0 radical (unpaired) electrons. The monoisotopic (exact) mass is 213 g/mol. The Labute approximate surface area is 85.4 Å². The van der Waals surface area contributed by atoms with Gasteiger partial charge in [0.25, 0.3) is 0 Å². The number of aryl methyl sites for hydroxylation is 1. The van der Waals surface area contributed by atoms with Crippen LogP contribution in [0, 0.1) is 6.92 Å². The quantitative estimate of drug-likeness (QED) is 0.678. The number of anilines is 1. The third-order valence-corrected chi connectivity index (χ3v) is 1.49. The predicted octanol–water partition coefficient (Wildman–Crippen LogP) is 0.579. The Balaban J connectivity index is 2.27. The Kier molecular flexibility index (Phi) is 3.67. The zero-order chi connectivity index (χ0) is 11.3. The number of carboxylic acid groups (broad SMARTS) is 1. The Morgan fingerprint density at radius 3 is 2.87 bits per heavy atom. The van der Waals surface area contributed by atoms with Gasteiger partial charge in [-0.3, -0.25) is 10.1 Å². The average Bonchev–Trinajstić information content (AvgIpc) is 2.50. The molecule has 0 fully saturated rings. The van der Waals surface area contributed by atoms with Crippen LogP contribution in [0.3, 0.4) is 0 Å². The molecule has 0 unspecified atom stereocenters. The van der Waals surface area contributed by atoms with Crippen molar-refractivity contribution in [2.75, 3.05) is 11.9 Å². The van der Waals surface area contributed by atoms with Crippen molar-refractivity contribution < 1.29 is 19.2 Å². The summed E-state index contributed by atoms with van der Waals surface area (Å²) in [7, 11) is 0. The minimum atomic E-state index is -0.965. The van der Waals surface area contributed by atoms with Crippen LogP contribution in [0.25, 0.3) is 0 Å². The van der Waals surface area contributed by atoms with E-state index < -0.39 is 12.0 Å². The van der Waals surface area contributed by atoms with Gasteiger partial charge in [0, 0.05) is 12.6 Å². The summed E-state index contributed by atoms with van der Waals surface area (Å²) in [6.45, 7) is 1.76. The first kappa shape index (κ1) is 11.0. The number of amides is 2. The van der Waals surface area contributed by atoms with Crippen molar-refractivity contribution in [1.29, 1.82) is 0 Å². The molecule has 0 aliphatic carbocycles. The second-order valence-corrected chi connectivity index (χ2v) is 2.85. The molecule has 7 heteroatoms. The number of aromatic nitrogens is 1. The van der Waals surface area contributed by atoms with Gasteiger partial charge in [-0.15, -0.1) is 0 Å². The van der Waals surface area contributed by atoms with Crippen LogP contribution < -0.4 is 10.6 Å². The zero-order valence-electron chi connectivity index (χ0n) is 8.11. The molecule has 3 N–H and O–H groups in total. The van der Waals surface area contributed by atoms with Crippen LogP contribution in [0.4, 0.5) is 10.6 Å². The smallest absolute Gasteiger partial charge is 0.320 e. The van der Waals surface area contributed by atoms with E-state index in [0.717, 1.165) is 0 Å². The van der Waals surface area contributed by atoms with Crippen molar-refractivity contribution in [2.45, 2.75) is 13.3 Å². The molecule has 15 heavy (non-hydrogen) atoms. The molecular weight excluding hydrogens is 202 g/mol. The topological polar surface area (TPSA) is 104 Å². The van der Waals surface area contributed by atoms with E-state index in [1.807, 2.05) is 0 Å². The first-order valence-corrected chi connectivity index (χ1v) is 4.28.